The minimum Gasteiger partial charge on any atom is -0.394 e. The number of nitrogens with zero attached hydrogens (tertiary/aromatic N) is 1. The van der Waals surface area contributed by atoms with Crippen LogP contribution in [0.15, 0.2) is 48.1 Å². The lowest BCUT2D eigenvalue weighted by Gasteiger charge is -2.38. The smallest absolute Gasteiger partial charge is 0.267 e. The number of carbonyl (C=O) groups excluding carboxylic acids is 2. The number of ether oxygens (including phenoxy) is 1. The number of nitrogens with one attached hydrogen (secondary N) is 1. The summed E-state index contributed by atoms with van der Waals surface area (Å²) in [7, 11) is 3.84. The van der Waals surface area contributed by atoms with E-state index in [0.29, 0.717) is 11.1 Å². The molecule has 182 valence electrons. The molecule has 1 aliphatic heterocycles. The average molecular weight is 465 g/mol. The van der Waals surface area contributed by atoms with Crippen LogP contribution in [0.1, 0.15) is 24.2 Å². The maximum atomic E-state index is 12.6. The summed E-state index contributed by atoms with van der Waals surface area (Å²) in [6.07, 6.45) is -3.02. The highest BCUT2D eigenvalue weighted by atomic mass is 16.8. The molecular formula is C23H32N2O8. The summed E-state index contributed by atoms with van der Waals surface area (Å²) in [6, 6.07) is 7.29. The van der Waals surface area contributed by atoms with Gasteiger partial charge in [0.25, 0.3) is 5.91 Å². The van der Waals surface area contributed by atoms with E-state index in [1.165, 1.54) is 12.2 Å². The van der Waals surface area contributed by atoms with Crippen LogP contribution >= 0.6 is 0 Å². The molecule has 0 bridgehead atoms. The van der Waals surface area contributed by atoms with Crippen LogP contribution in [0.3, 0.4) is 0 Å². The number of hydroxylamine groups is 1. The average Bonchev–Trinajstić information content (AvgIpc) is 2.80. The number of benzene rings is 1. The number of amides is 1. The highest BCUT2D eigenvalue weighted by Gasteiger charge is 2.44. The normalized spacial score (nSPS) is 26.8. The summed E-state index contributed by atoms with van der Waals surface area (Å²) in [6.45, 7) is 2.89. The molecule has 1 saturated heterocycles. The molecule has 5 N–H and O–H groups in total. The molecule has 0 aliphatic carbocycles. The molecule has 0 spiro atoms. The fraction of sp³-hybridized carbons (Fsp3) is 0.478. The molecule has 0 saturated carbocycles. The Bertz CT molecular complexity index is 866. The fourth-order valence-electron chi connectivity index (χ4n) is 3.23. The summed E-state index contributed by atoms with van der Waals surface area (Å²) < 4.78 is 5.13. The van der Waals surface area contributed by atoms with E-state index in [0.717, 1.165) is 5.69 Å². The molecule has 10 nitrogen and oxygen atoms in total. The molecule has 33 heavy (non-hydrogen) atoms. The van der Waals surface area contributed by atoms with E-state index >= 15 is 0 Å². The summed E-state index contributed by atoms with van der Waals surface area (Å²) in [5, 5.41) is 38.5. The number of Topliss-reactive ketones (excluding diaryl/α,β-unsaturated/α-hetero) is 1. The Morgan fingerprint density at radius 3 is 2.33 bits per heavy atom. The van der Waals surface area contributed by atoms with Crippen LogP contribution in [0, 0.1) is 5.92 Å². The van der Waals surface area contributed by atoms with Crippen molar-refractivity contribution in [2.24, 2.45) is 5.92 Å². The van der Waals surface area contributed by atoms with Gasteiger partial charge in [-0.2, -0.15) is 0 Å². The van der Waals surface area contributed by atoms with Crippen molar-refractivity contribution in [2.45, 2.75) is 44.6 Å². The Morgan fingerprint density at radius 1 is 1.12 bits per heavy atom. The van der Waals surface area contributed by atoms with Crippen molar-refractivity contribution in [3.05, 3.63) is 53.6 Å². The molecule has 1 amide bonds. The lowest BCUT2D eigenvalue weighted by molar-refractivity contribution is -0.312. The minimum absolute atomic E-state index is 0.0524. The van der Waals surface area contributed by atoms with E-state index in [1.807, 2.05) is 31.1 Å². The van der Waals surface area contributed by atoms with Crippen molar-refractivity contribution in [2.75, 3.05) is 25.6 Å². The van der Waals surface area contributed by atoms with Crippen molar-refractivity contribution in [3.63, 3.8) is 0 Å². The zero-order chi connectivity index (χ0) is 24.7. The van der Waals surface area contributed by atoms with Gasteiger partial charge in [0, 0.05) is 37.3 Å². The van der Waals surface area contributed by atoms with E-state index in [-0.39, 0.29) is 5.78 Å². The maximum absolute atomic E-state index is 12.6. The SMILES string of the molecule is CC(=C/[C@@H](C)C(=O)c1ccc(N(C)C)cc1)/C=C/C(=O)NO[C@@H]1O[C@H](CO)[C@@H](O)[C@H](O)[C@H]1O. The third-order valence-electron chi connectivity index (χ3n) is 5.22. The van der Waals surface area contributed by atoms with E-state index in [4.69, 9.17) is 14.7 Å². The number of aliphatic hydroxyl groups excluding tert-OH is 4. The number of aliphatic hydroxyl groups is 4. The van der Waals surface area contributed by atoms with E-state index in [9.17, 15) is 24.9 Å². The monoisotopic (exact) mass is 464 g/mol. The molecule has 1 heterocycles. The third kappa shape index (κ3) is 7.19. The number of ketones is 1. The molecule has 1 fully saturated rings. The summed E-state index contributed by atoms with van der Waals surface area (Å²) in [5.41, 5.74) is 4.30. The second kappa shape index (κ2) is 12.0. The highest BCUT2D eigenvalue weighted by molar-refractivity contribution is 5.99. The molecule has 1 aliphatic rings. The number of anilines is 1. The first kappa shape index (κ1) is 26.7. The number of rotatable bonds is 9. The Labute approximate surface area is 192 Å². The first-order valence-electron chi connectivity index (χ1n) is 10.5. The van der Waals surface area contributed by atoms with E-state index < -0.39 is 49.1 Å². The first-order chi connectivity index (χ1) is 15.5. The van der Waals surface area contributed by atoms with Gasteiger partial charge in [-0.05, 0) is 31.2 Å². The van der Waals surface area contributed by atoms with Gasteiger partial charge in [-0.25, -0.2) is 10.3 Å². The van der Waals surface area contributed by atoms with E-state index in [1.54, 1.807) is 32.1 Å². The van der Waals surface area contributed by atoms with Gasteiger partial charge < -0.3 is 30.1 Å². The Hall–Kier alpha value is -2.60. The maximum Gasteiger partial charge on any atom is 0.267 e. The van der Waals surface area contributed by atoms with Gasteiger partial charge in [-0.1, -0.05) is 24.6 Å². The van der Waals surface area contributed by atoms with Gasteiger partial charge in [-0.15, -0.1) is 0 Å². The van der Waals surface area contributed by atoms with Crippen molar-refractivity contribution in [1.82, 2.24) is 5.48 Å². The Kier molecular flexibility index (Phi) is 9.71. The molecule has 0 unspecified atom stereocenters. The lowest BCUT2D eigenvalue weighted by atomic mass is 9.97. The van der Waals surface area contributed by atoms with Crippen molar-refractivity contribution in [3.8, 4) is 0 Å². The molecule has 1 aromatic carbocycles. The number of carbonyl (C=O) groups is 2. The van der Waals surface area contributed by atoms with Crippen LogP contribution in [-0.4, -0.2) is 83.5 Å². The van der Waals surface area contributed by atoms with Crippen LogP contribution in [0.25, 0.3) is 0 Å². The number of hydrogen-bond acceptors (Lipinski definition) is 9. The largest absolute Gasteiger partial charge is 0.394 e. The number of allylic oxidation sites excluding steroid dienone is 3. The minimum atomic E-state index is -1.63. The van der Waals surface area contributed by atoms with Crippen molar-refractivity contribution < 1.29 is 39.6 Å². The van der Waals surface area contributed by atoms with Gasteiger partial charge in [-0.3, -0.25) is 9.59 Å². The standard InChI is InChI=1S/C23H32N2O8/c1-13(11-14(2)19(28)15-6-8-16(9-7-15)25(3)4)5-10-18(27)24-33-23-22(31)21(30)20(29)17(12-26)32-23/h5-11,14,17,20-23,26,29-31H,12H2,1-4H3,(H,24,27)/b10-5+,13-11-/t14-,17-,20-,21+,22-,23+/m1/s1. The first-order valence-corrected chi connectivity index (χ1v) is 10.5. The fourth-order valence-corrected chi connectivity index (χ4v) is 3.23. The van der Waals surface area contributed by atoms with Gasteiger partial charge in [0.05, 0.1) is 6.61 Å². The van der Waals surface area contributed by atoms with Gasteiger partial charge in [0.2, 0.25) is 6.29 Å². The third-order valence-corrected chi connectivity index (χ3v) is 5.22. The summed E-state index contributed by atoms with van der Waals surface area (Å²) >= 11 is 0. The predicted molar refractivity (Wildman–Crippen MR) is 120 cm³/mol. The highest BCUT2D eigenvalue weighted by Crippen LogP contribution is 2.21. The van der Waals surface area contributed by atoms with Crippen LogP contribution in [-0.2, 0) is 14.4 Å². The van der Waals surface area contributed by atoms with Gasteiger partial charge in [0.15, 0.2) is 5.78 Å². The van der Waals surface area contributed by atoms with Crippen LogP contribution in [0.2, 0.25) is 0 Å². The molecule has 0 aromatic heterocycles. The molecule has 6 atom stereocenters. The van der Waals surface area contributed by atoms with Crippen molar-refractivity contribution >= 4 is 17.4 Å². The second-order valence-corrected chi connectivity index (χ2v) is 8.12. The summed E-state index contributed by atoms with van der Waals surface area (Å²) in [4.78, 5) is 31.5. The van der Waals surface area contributed by atoms with Gasteiger partial charge in [0.1, 0.15) is 24.4 Å². The molecule has 0 radical (unpaired) electrons. The van der Waals surface area contributed by atoms with Crippen molar-refractivity contribution in [1.29, 1.82) is 0 Å². The molecule has 2 rings (SSSR count). The number of hydrogen-bond donors (Lipinski definition) is 5. The molecule has 10 heteroatoms. The lowest BCUT2D eigenvalue weighted by Crippen LogP contribution is -2.60. The van der Waals surface area contributed by atoms with Crippen LogP contribution < -0.4 is 10.4 Å². The topological polar surface area (TPSA) is 149 Å². The predicted octanol–water partition coefficient (Wildman–Crippen LogP) is -0.0784. The van der Waals surface area contributed by atoms with Gasteiger partial charge >= 0.3 is 0 Å². The summed E-state index contributed by atoms with van der Waals surface area (Å²) in [5.74, 6) is -1.14. The van der Waals surface area contributed by atoms with E-state index in [2.05, 4.69) is 5.48 Å². The second-order valence-electron chi connectivity index (χ2n) is 8.12. The zero-order valence-corrected chi connectivity index (χ0v) is 19.1. The van der Waals surface area contributed by atoms with Crippen LogP contribution in [0.5, 0.6) is 0 Å². The Balaban J connectivity index is 1.89. The van der Waals surface area contributed by atoms with Crippen LogP contribution in [0.4, 0.5) is 5.69 Å². The molecule has 1 aromatic rings. The quantitative estimate of drug-likeness (QED) is 0.146. The Morgan fingerprint density at radius 2 is 1.76 bits per heavy atom. The zero-order valence-electron chi connectivity index (χ0n) is 19.1. The molecular weight excluding hydrogens is 432 g/mol.